The predicted molar refractivity (Wildman–Crippen MR) is 75.1 cm³/mol. The summed E-state index contributed by atoms with van der Waals surface area (Å²) in [6.07, 6.45) is 0. The first-order valence-electron chi connectivity index (χ1n) is 6.12. The highest BCUT2D eigenvalue weighted by Crippen LogP contribution is 2.24. The van der Waals surface area contributed by atoms with Gasteiger partial charge in [-0.15, -0.1) is 0 Å². The number of hydrogen-bond donors (Lipinski definition) is 2. The standard InChI is InChI=1S/C15H15FN2O2/c1-8-4-11(16)7-12(5-8)18-14-13(15(19)20)9(2)6-10(3)17-14/h4-7H,1-3H3,(H,17,18)(H,19,20). The molecule has 0 bridgehead atoms. The van der Waals surface area contributed by atoms with Crippen molar-refractivity contribution in [3.8, 4) is 0 Å². The number of aromatic carboxylic acids is 1. The highest BCUT2D eigenvalue weighted by molar-refractivity contribution is 5.95. The van der Waals surface area contributed by atoms with Crippen molar-refractivity contribution in [3.05, 3.63) is 52.5 Å². The van der Waals surface area contributed by atoms with Gasteiger partial charge < -0.3 is 10.4 Å². The van der Waals surface area contributed by atoms with Gasteiger partial charge in [0.25, 0.3) is 0 Å². The second kappa shape index (κ2) is 5.28. The lowest BCUT2D eigenvalue weighted by Crippen LogP contribution is -2.08. The lowest BCUT2D eigenvalue weighted by atomic mass is 10.1. The summed E-state index contributed by atoms with van der Waals surface area (Å²) in [5.41, 5.74) is 2.62. The molecule has 5 heteroatoms. The summed E-state index contributed by atoms with van der Waals surface area (Å²) in [6, 6.07) is 6.13. The van der Waals surface area contributed by atoms with E-state index in [9.17, 15) is 14.3 Å². The molecule has 0 radical (unpaired) electrons. The number of hydrogen-bond acceptors (Lipinski definition) is 3. The minimum Gasteiger partial charge on any atom is -0.478 e. The molecule has 0 fully saturated rings. The van der Waals surface area contributed by atoms with E-state index in [0.29, 0.717) is 16.9 Å². The first-order valence-corrected chi connectivity index (χ1v) is 6.12. The Labute approximate surface area is 116 Å². The van der Waals surface area contributed by atoms with Gasteiger partial charge in [0.05, 0.1) is 0 Å². The molecule has 0 amide bonds. The first-order chi connectivity index (χ1) is 9.36. The molecule has 0 unspecified atom stereocenters. The number of nitrogens with one attached hydrogen (secondary N) is 1. The van der Waals surface area contributed by atoms with Gasteiger partial charge in [-0.2, -0.15) is 0 Å². The van der Waals surface area contributed by atoms with Crippen molar-refractivity contribution in [2.75, 3.05) is 5.32 Å². The highest BCUT2D eigenvalue weighted by atomic mass is 19.1. The van der Waals surface area contributed by atoms with Gasteiger partial charge >= 0.3 is 5.97 Å². The summed E-state index contributed by atoms with van der Waals surface area (Å²) in [5, 5.41) is 12.2. The molecule has 0 aliphatic heterocycles. The van der Waals surface area contributed by atoms with E-state index in [1.807, 2.05) is 0 Å². The number of benzene rings is 1. The number of halogens is 1. The predicted octanol–water partition coefficient (Wildman–Crippen LogP) is 3.59. The van der Waals surface area contributed by atoms with Crippen molar-refractivity contribution >= 4 is 17.5 Å². The second-order valence-corrected chi connectivity index (χ2v) is 4.75. The Morgan fingerprint density at radius 1 is 1.20 bits per heavy atom. The zero-order chi connectivity index (χ0) is 14.9. The van der Waals surface area contributed by atoms with E-state index in [1.54, 1.807) is 32.9 Å². The smallest absolute Gasteiger partial charge is 0.339 e. The molecule has 2 N–H and O–H groups in total. The molecule has 1 heterocycles. The van der Waals surface area contributed by atoms with E-state index in [2.05, 4.69) is 10.3 Å². The molecule has 0 spiro atoms. The van der Waals surface area contributed by atoms with Crippen molar-refractivity contribution in [2.24, 2.45) is 0 Å². The Morgan fingerprint density at radius 3 is 2.50 bits per heavy atom. The van der Waals surface area contributed by atoms with Crippen LogP contribution in [0.5, 0.6) is 0 Å². The van der Waals surface area contributed by atoms with Gasteiger partial charge in [-0.25, -0.2) is 14.2 Å². The number of rotatable bonds is 3. The third kappa shape index (κ3) is 2.93. The molecule has 20 heavy (non-hydrogen) atoms. The van der Waals surface area contributed by atoms with Gasteiger partial charge in [-0.3, -0.25) is 0 Å². The lowest BCUT2D eigenvalue weighted by Gasteiger charge is -2.12. The molecule has 104 valence electrons. The van der Waals surface area contributed by atoms with Crippen LogP contribution >= 0.6 is 0 Å². The van der Waals surface area contributed by atoms with E-state index < -0.39 is 5.97 Å². The third-order valence-corrected chi connectivity index (χ3v) is 2.86. The SMILES string of the molecule is Cc1cc(F)cc(Nc2nc(C)cc(C)c2C(=O)O)c1. The van der Waals surface area contributed by atoms with Gasteiger partial charge in [-0.1, -0.05) is 0 Å². The van der Waals surface area contributed by atoms with Crippen molar-refractivity contribution in [1.82, 2.24) is 4.98 Å². The number of nitrogens with zero attached hydrogens (tertiary/aromatic N) is 1. The Bertz CT molecular complexity index is 664. The Morgan fingerprint density at radius 2 is 1.90 bits per heavy atom. The van der Waals surface area contributed by atoms with E-state index in [1.165, 1.54) is 12.1 Å². The normalized spacial score (nSPS) is 10.4. The van der Waals surface area contributed by atoms with E-state index in [0.717, 1.165) is 5.56 Å². The Hall–Kier alpha value is -2.43. The topological polar surface area (TPSA) is 62.2 Å². The number of carboxylic acid groups (broad SMARTS) is 1. The first kappa shape index (κ1) is 14.0. The largest absolute Gasteiger partial charge is 0.478 e. The molecule has 0 aliphatic rings. The van der Waals surface area contributed by atoms with Crippen LogP contribution in [0.25, 0.3) is 0 Å². The van der Waals surface area contributed by atoms with Gasteiger partial charge in [-0.05, 0) is 56.2 Å². The zero-order valence-corrected chi connectivity index (χ0v) is 11.5. The molecule has 4 nitrogen and oxygen atoms in total. The number of anilines is 2. The molecule has 1 aromatic heterocycles. The monoisotopic (exact) mass is 274 g/mol. The van der Waals surface area contributed by atoms with Crippen molar-refractivity contribution < 1.29 is 14.3 Å². The maximum Gasteiger partial charge on any atom is 0.339 e. The number of pyridine rings is 1. The second-order valence-electron chi connectivity index (χ2n) is 4.75. The van der Waals surface area contributed by atoms with Crippen LogP contribution in [-0.2, 0) is 0 Å². The number of carboxylic acids is 1. The maximum atomic E-state index is 13.4. The summed E-state index contributed by atoms with van der Waals surface area (Å²) >= 11 is 0. The van der Waals surface area contributed by atoms with E-state index in [4.69, 9.17) is 0 Å². The summed E-state index contributed by atoms with van der Waals surface area (Å²) in [5.74, 6) is -1.22. The molecule has 0 saturated carbocycles. The molecule has 0 atom stereocenters. The molecule has 2 aromatic rings. The minimum atomic E-state index is -1.06. The van der Waals surface area contributed by atoms with Crippen LogP contribution in [0, 0.1) is 26.6 Å². The van der Waals surface area contributed by atoms with E-state index >= 15 is 0 Å². The summed E-state index contributed by atoms with van der Waals surface area (Å²) in [7, 11) is 0. The maximum absolute atomic E-state index is 13.4. The van der Waals surface area contributed by atoms with Gasteiger partial charge in [0.1, 0.15) is 17.2 Å². The van der Waals surface area contributed by atoms with Crippen molar-refractivity contribution in [1.29, 1.82) is 0 Å². The molecule has 0 saturated heterocycles. The zero-order valence-electron chi connectivity index (χ0n) is 11.5. The van der Waals surface area contributed by atoms with E-state index in [-0.39, 0.29) is 17.2 Å². The fraction of sp³-hybridized carbons (Fsp3) is 0.200. The van der Waals surface area contributed by atoms with Crippen LogP contribution in [0.15, 0.2) is 24.3 Å². The fourth-order valence-electron chi connectivity index (χ4n) is 2.14. The van der Waals surface area contributed by atoms with Crippen LogP contribution < -0.4 is 5.32 Å². The number of aryl methyl sites for hydroxylation is 3. The van der Waals surface area contributed by atoms with Gasteiger partial charge in [0.2, 0.25) is 0 Å². The van der Waals surface area contributed by atoms with Crippen LogP contribution in [0.4, 0.5) is 15.9 Å². The Kier molecular flexibility index (Phi) is 3.70. The summed E-state index contributed by atoms with van der Waals surface area (Å²) in [4.78, 5) is 15.5. The number of carbonyl (C=O) groups is 1. The van der Waals surface area contributed by atoms with Gasteiger partial charge in [0.15, 0.2) is 0 Å². The quantitative estimate of drug-likeness (QED) is 0.897. The minimum absolute atomic E-state index is 0.0949. The van der Waals surface area contributed by atoms with Crippen molar-refractivity contribution in [3.63, 3.8) is 0 Å². The highest BCUT2D eigenvalue weighted by Gasteiger charge is 2.16. The average Bonchev–Trinajstić information content (AvgIpc) is 2.25. The third-order valence-electron chi connectivity index (χ3n) is 2.86. The molecule has 1 aromatic carbocycles. The van der Waals surface area contributed by atoms with Crippen LogP contribution in [0.1, 0.15) is 27.2 Å². The van der Waals surface area contributed by atoms with Crippen LogP contribution in [0.3, 0.4) is 0 Å². The molecule has 0 aliphatic carbocycles. The molecular formula is C15H15FN2O2. The van der Waals surface area contributed by atoms with Crippen LogP contribution in [0.2, 0.25) is 0 Å². The molecular weight excluding hydrogens is 259 g/mol. The van der Waals surface area contributed by atoms with Crippen LogP contribution in [-0.4, -0.2) is 16.1 Å². The van der Waals surface area contributed by atoms with Crippen molar-refractivity contribution in [2.45, 2.75) is 20.8 Å². The lowest BCUT2D eigenvalue weighted by molar-refractivity contribution is 0.0697. The molecule has 2 rings (SSSR count). The summed E-state index contributed by atoms with van der Waals surface area (Å²) in [6.45, 7) is 5.25. The fourth-order valence-corrected chi connectivity index (χ4v) is 2.14. The van der Waals surface area contributed by atoms with Gasteiger partial charge in [0, 0.05) is 11.4 Å². The number of aromatic nitrogens is 1. The Balaban J connectivity index is 2.49. The average molecular weight is 274 g/mol. The summed E-state index contributed by atoms with van der Waals surface area (Å²) < 4.78 is 13.4.